The van der Waals surface area contributed by atoms with Crippen LogP contribution in [-0.2, 0) is 16.1 Å². The number of nitrogens with one attached hydrogen (secondary N) is 2. The Balaban J connectivity index is 1.81. The molecule has 1 unspecified atom stereocenters. The van der Waals surface area contributed by atoms with Gasteiger partial charge >= 0.3 is 0 Å². The van der Waals surface area contributed by atoms with Gasteiger partial charge in [-0.15, -0.1) is 0 Å². The van der Waals surface area contributed by atoms with E-state index in [4.69, 9.17) is 4.74 Å². The SMILES string of the molecule is CC(C)CCNCc1cccc(NC(=O)C2CCCO2)c1. The van der Waals surface area contributed by atoms with Gasteiger partial charge in [0.05, 0.1) is 0 Å². The summed E-state index contributed by atoms with van der Waals surface area (Å²) >= 11 is 0. The third-order valence-corrected chi connectivity index (χ3v) is 3.64. The molecule has 0 saturated carbocycles. The molecule has 1 saturated heterocycles. The first-order valence-corrected chi connectivity index (χ1v) is 7.87. The Bertz CT molecular complexity index is 454. The van der Waals surface area contributed by atoms with Crippen molar-refractivity contribution < 1.29 is 9.53 Å². The lowest BCUT2D eigenvalue weighted by Crippen LogP contribution is -2.26. The van der Waals surface area contributed by atoms with E-state index in [-0.39, 0.29) is 12.0 Å². The number of ether oxygens (including phenoxy) is 1. The zero-order chi connectivity index (χ0) is 15.1. The topological polar surface area (TPSA) is 50.4 Å². The van der Waals surface area contributed by atoms with Crippen molar-refractivity contribution in [3.63, 3.8) is 0 Å². The highest BCUT2D eigenvalue weighted by molar-refractivity contribution is 5.94. The van der Waals surface area contributed by atoms with Gasteiger partial charge in [-0.05, 0) is 49.4 Å². The van der Waals surface area contributed by atoms with Crippen molar-refractivity contribution in [2.75, 3.05) is 18.5 Å². The lowest BCUT2D eigenvalue weighted by molar-refractivity contribution is -0.124. The molecule has 0 bridgehead atoms. The van der Waals surface area contributed by atoms with Gasteiger partial charge in [0.2, 0.25) is 0 Å². The standard InChI is InChI=1S/C17H26N2O2/c1-13(2)8-9-18-12-14-5-3-6-15(11-14)19-17(20)16-7-4-10-21-16/h3,5-6,11,13,16,18H,4,7-10,12H2,1-2H3,(H,19,20). The first kappa shape index (κ1) is 16.0. The van der Waals surface area contributed by atoms with E-state index in [9.17, 15) is 4.79 Å². The number of anilines is 1. The fraction of sp³-hybridized carbons (Fsp3) is 0.588. The molecule has 1 aromatic rings. The molecule has 0 aromatic heterocycles. The van der Waals surface area contributed by atoms with Gasteiger partial charge in [0, 0.05) is 18.8 Å². The molecule has 1 amide bonds. The molecule has 1 aliphatic rings. The van der Waals surface area contributed by atoms with Crippen LogP contribution in [0.5, 0.6) is 0 Å². The van der Waals surface area contributed by atoms with Crippen molar-refractivity contribution >= 4 is 11.6 Å². The smallest absolute Gasteiger partial charge is 0.253 e. The van der Waals surface area contributed by atoms with Crippen LogP contribution in [0.4, 0.5) is 5.69 Å². The summed E-state index contributed by atoms with van der Waals surface area (Å²) in [6, 6.07) is 7.99. The van der Waals surface area contributed by atoms with Gasteiger partial charge in [-0.2, -0.15) is 0 Å². The van der Waals surface area contributed by atoms with Gasteiger partial charge in [-0.1, -0.05) is 26.0 Å². The molecule has 4 heteroatoms. The second-order valence-electron chi connectivity index (χ2n) is 6.05. The fourth-order valence-electron chi connectivity index (χ4n) is 2.39. The third-order valence-electron chi connectivity index (χ3n) is 3.64. The Morgan fingerprint density at radius 2 is 2.29 bits per heavy atom. The van der Waals surface area contributed by atoms with Crippen LogP contribution < -0.4 is 10.6 Å². The minimum Gasteiger partial charge on any atom is -0.368 e. The molecule has 2 N–H and O–H groups in total. The Morgan fingerprint density at radius 3 is 3.00 bits per heavy atom. The monoisotopic (exact) mass is 290 g/mol. The largest absolute Gasteiger partial charge is 0.368 e. The average Bonchev–Trinajstić information content (AvgIpc) is 2.98. The predicted molar refractivity (Wildman–Crippen MR) is 85.2 cm³/mol. The molecule has 21 heavy (non-hydrogen) atoms. The average molecular weight is 290 g/mol. The van der Waals surface area contributed by atoms with E-state index < -0.39 is 0 Å². The minimum atomic E-state index is -0.280. The van der Waals surface area contributed by atoms with Crippen LogP contribution in [0.15, 0.2) is 24.3 Å². The zero-order valence-electron chi connectivity index (χ0n) is 13.0. The fourth-order valence-corrected chi connectivity index (χ4v) is 2.39. The summed E-state index contributed by atoms with van der Waals surface area (Å²) in [5.41, 5.74) is 2.03. The maximum Gasteiger partial charge on any atom is 0.253 e. The Morgan fingerprint density at radius 1 is 1.43 bits per heavy atom. The molecule has 1 heterocycles. The van der Waals surface area contributed by atoms with Crippen LogP contribution in [0.3, 0.4) is 0 Å². The molecular weight excluding hydrogens is 264 g/mol. The van der Waals surface area contributed by atoms with E-state index >= 15 is 0 Å². The van der Waals surface area contributed by atoms with Crippen molar-refractivity contribution in [1.29, 1.82) is 0 Å². The second-order valence-corrected chi connectivity index (χ2v) is 6.05. The van der Waals surface area contributed by atoms with Crippen LogP contribution in [-0.4, -0.2) is 25.2 Å². The molecule has 0 aliphatic carbocycles. The summed E-state index contributed by atoms with van der Waals surface area (Å²) in [7, 11) is 0. The van der Waals surface area contributed by atoms with Crippen LogP contribution >= 0.6 is 0 Å². The molecule has 2 rings (SSSR count). The van der Waals surface area contributed by atoms with Crippen molar-refractivity contribution in [3.8, 4) is 0 Å². The summed E-state index contributed by atoms with van der Waals surface area (Å²) in [5.74, 6) is 0.687. The third kappa shape index (κ3) is 5.48. The van der Waals surface area contributed by atoms with E-state index in [1.165, 1.54) is 12.0 Å². The van der Waals surface area contributed by atoms with E-state index in [2.05, 4.69) is 30.5 Å². The number of carbonyl (C=O) groups is 1. The summed E-state index contributed by atoms with van der Waals surface area (Å²) in [6.45, 7) is 6.99. The molecule has 0 spiro atoms. The molecule has 0 radical (unpaired) electrons. The molecule has 116 valence electrons. The van der Waals surface area contributed by atoms with E-state index in [1.807, 2.05) is 18.2 Å². The number of carbonyl (C=O) groups excluding carboxylic acids is 1. The van der Waals surface area contributed by atoms with Crippen molar-refractivity contribution in [2.45, 2.75) is 45.8 Å². The molecular formula is C17H26N2O2. The highest BCUT2D eigenvalue weighted by Gasteiger charge is 2.23. The molecule has 1 aliphatic heterocycles. The summed E-state index contributed by atoms with van der Waals surface area (Å²) < 4.78 is 5.39. The second kappa shape index (κ2) is 8.15. The highest BCUT2D eigenvalue weighted by Crippen LogP contribution is 2.16. The van der Waals surface area contributed by atoms with Crippen LogP contribution in [0.25, 0.3) is 0 Å². The number of amides is 1. The molecule has 1 atom stereocenters. The zero-order valence-corrected chi connectivity index (χ0v) is 13.0. The van der Waals surface area contributed by atoms with Gasteiger partial charge < -0.3 is 15.4 Å². The Hall–Kier alpha value is -1.39. The summed E-state index contributed by atoms with van der Waals surface area (Å²) in [4.78, 5) is 12.0. The number of benzene rings is 1. The van der Waals surface area contributed by atoms with E-state index in [1.54, 1.807) is 0 Å². The quantitative estimate of drug-likeness (QED) is 0.759. The van der Waals surface area contributed by atoms with E-state index in [0.29, 0.717) is 6.61 Å². The molecule has 4 nitrogen and oxygen atoms in total. The van der Waals surface area contributed by atoms with Gasteiger partial charge in [0.1, 0.15) is 6.10 Å². The first-order valence-electron chi connectivity index (χ1n) is 7.87. The maximum atomic E-state index is 12.0. The summed E-state index contributed by atoms with van der Waals surface area (Å²) in [6.07, 6.45) is 2.69. The van der Waals surface area contributed by atoms with Gasteiger partial charge in [0.25, 0.3) is 5.91 Å². The van der Waals surface area contributed by atoms with Crippen molar-refractivity contribution in [3.05, 3.63) is 29.8 Å². The van der Waals surface area contributed by atoms with Gasteiger partial charge in [-0.25, -0.2) is 0 Å². The Labute approximate surface area is 127 Å². The predicted octanol–water partition coefficient (Wildman–Crippen LogP) is 2.94. The van der Waals surface area contributed by atoms with E-state index in [0.717, 1.165) is 37.5 Å². The van der Waals surface area contributed by atoms with Gasteiger partial charge in [0.15, 0.2) is 0 Å². The maximum absolute atomic E-state index is 12.0. The number of hydrogen-bond acceptors (Lipinski definition) is 3. The number of hydrogen-bond donors (Lipinski definition) is 2. The molecule has 1 fully saturated rings. The van der Waals surface area contributed by atoms with Gasteiger partial charge in [-0.3, -0.25) is 4.79 Å². The Kier molecular flexibility index (Phi) is 6.21. The summed E-state index contributed by atoms with van der Waals surface area (Å²) in [5, 5.41) is 6.37. The van der Waals surface area contributed by atoms with Crippen LogP contribution in [0.1, 0.15) is 38.7 Å². The normalized spacial score (nSPS) is 18.1. The van der Waals surface area contributed by atoms with Crippen LogP contribution in [0, 0.1) is 5.92 Å². The highest BCUT2D eigenvalue weighted by atomic mass is 16.5. The number of rotatable bonds is 7. The van der Waals surface area contributed by atoms with Crippen molar-refractivity contribution in [2.24, 2.45) is 5.92 Å². The first-order chi connectivity index (χ1) is 10.1. The lowest BCUT2D eigenvalue weighted by atomic mass is 10.1. The van der Waals surface area contributed by atoms with Crippen LogP contribution in [0.2, 0.25) is 0 Å². The van der Waals surface area contributed by atoms with Crippen molar-refractivity contribution in [1.82, 2.24) is 5.32 Å². The minimum absolute atomic E-state index is 0.0302. The molecule has 1 aromatic carbocycles. The lowest BCUT2D eigenvalue weighted by Gasteiger charge is -2.12.